The van der Waals surface area contributed by atoms with E-state index in [4.69, 9.17) is 4.74 Å². The van der Waals surface area contributed by atoms with Gasteiger partial charge < -0.3 is 14.8 Å². The second kappa shape index (κ2) is 7.67. The summed E-state index contributed by atoms with van der Waals surface area (Å²) in [5.74, 6) is 1.51. The molecule has 3 heterocycles. The van der Waals surface area contributed by atoms with Gasteiger partial charge in [-0.1, -0.05) is 5.16 Å². The minimum absolute atomic E-state index is 0.288. The van der Waals surface area contributed by atoms with Gasteiger partial charge in [-0.25, -0.2) is 14.6 Å². The molecule has 1 saturated heterocycles. The quantitative estimate of drug-likeness (QED) is 0.324. The third kappa shape index (κ3) is 3.40. The SMILES string of the molecule is CC1CCC(C)N1/C(=N\O)c1cccnc1Oc1ccc(-n2cncn2)cc1. The van der Waals surface area contributed by atoms with E-state index in [0.29, 0.717) is 23.0 Å². The summed E-state index contributed by atoms with van der Waals surface area (Å²) in [5, 5.41) is 17.5. The smallest absolute Gasteiger partial charge is 0.230 e. The van der Waals surface area contributed by atoms with Crippen LogP contribution in [-0.4, -0.2) is 47.8 Å². The molecular formula is C20H22N6O2. The molecule has 1 N–H and O–H groups in total. The topological polar surface area (TPSA) is 88.7 Å². The van der Waals surface area contributed by atoms with Gasteiger partial charge in [-0.15, -0.1) is 0 Å². The Bertz CT molecular complexity index is 945. The number of pyridine rings is 1. The summed E-state index contributed by atoms with van der Waals surface area (Å²) in [6.45, 7) is 4.27. The van der Waals surface area contributed by atoms with Crippen molar-refractivity contribution in [3.8, 4) is 17.3 Å². The van der Waals surface area contributed by atoms with E-state index in [1.807, 2.05) is 36.4 Å². The highest BCUT2D eigenvalue weighted by Crippen LogP contribution is 2.30. The first-order valence-corrected chi connectivity index (χ1v) is 9.26. The normalized spacial score (nSPS) is 19.8. The van der Waals surface area contributed by atoms with Crippen molar-refractivity contribution in [2.75, 3.05) is 0 Å². The van der Waals surface area contributed by atoms with Crippen LogP contribution in [0.2, 0.25) is 0 Å². The lowest BCUT2D eigenvalue weighted by Gasteiger charge is -2.29. The minimum atomic E-state index is 0.288. The van der Waals surface area contributed by atoms with Crippen molar-refractivity contribution in [3.05, 3.63) is 60.8 Å². The van der Waals surface area contributed by atoms with E-state index in [9.17, 15) is 5.21 Å². The van der Waals surface area contributed by atoms with Crippen molar-refractivity contribution < 1.29 is 9.94 Å². The van der Waals surface area contributed by atoms with E-state index in [1.54, 1.807) is 17.2 Å². The van der Waals surface area contributed by atoms with Crippen LogP contribution in [0.4, 0.5) is 0 Å². The number of aromatic nitrogens is 4. The Morgan fingerprint density at radius 3 is 2.54 bits per heavy atom. The summed E-state index contributed by atoms with van der Waals surface area (Å²) >= 11 is 0. The van der Waals surface area contributed by atoms with Crippen LogP contribution in [-0.2, 0) is 0 Å². The molecule has 0 spiro atoms. The van der Waals surface area contributed by atoms with Crippen LogP contribution in [0.1, 0.15) is 32.3 Å². The first kappa shape index (κ1) is 18.0. The molecule has 0 bridgehead atoms. The number of benzene rings is 1. The number of hydrogen-bond acceptors (Lipinski definition) is 6. The van der Waals surface area contributed by atoms with Crippen molar-refractivity contribution in [2.24, 2.45) is 5.16 Å². The van der Waals surface area contributed by atoms with E-state index in [-0.39, 0.29) is 12.1 Å². The maximum Gasteiger partial charge on any atom is 0.230 e. The van der Waals surface area contributed by atoms with E-state index >= 15 is 0 Å². The predicted octanol–water partition coefficient (Wildman–Crippen LogP) is 3.46. The Balaban J connectivity index is 1.61. The van der Waals surface area contributed by atoms with Crippen molar-refractivity contribution in [1.82, 2.24) is 24.6 Å². The summed E-state index contributed by atoms with van der Waals surface area (Å²) in [6.07, 6.45) is 6.89. The van der Waals surface area contributed by atoms with Crippen molar-refractivity contribution >= 4 is 5.84 Å². The third-order valence-electron chi connectivity index (χ3n) is 5.04. The molecule has 0 saturated carbocycles. The number of oxime groups is 1. The fourth-order valence-electron chi connectivity index (χ4n) is 3.62. The lowest BCUT2D eigenvalue weighted by Crippen LogP contribution is -2.39. The Morgan fingerprint density at radius 2 is 1.89 bits per heavy atom. The second-order valence-corrected chi connectivity index (χ2v) is 6.90. The zero-order valence-corrected chi connectivity index (χ0v) is 15.8. The molecule has 0 radical (unpaired) electrons. The first-order chi connectivity index (χ1) is 13.7. The van der Waals surface area contributed by atoms with Crippen LogP contribution in [0.5, 0.6) is 11.6 Å². The molecule has 0 aliphatic carbocycles. The Morgan fingerprint density at radius 1 is 1.14 bits per heavy atom. The molecule has 4 rings (SSSR count). The molecule has 1 fully saturated rings. The van der Waals surface area contributed by atoms with Gasteiger partial charge in [-0.05, 0) is 63.1 Å². The number of ether oxygens (including phenoxy) is 1. The van der Waals surface area contributed by atoms with Gasteiger partial charge in [0.15, 0.2) is 5.84 Å². The highest BCUT2D eigenvalue weighted by atomic mass is 16.5. The maximum absolute atomic E-state index is 9.76. The second-order valence-electron chi connectivity index (χ2n) is 6.90. The van der Waals surface area contributed by atoms with Crippen LogP contribution >= 0.6 is 0 Å². The fourth-order valence-corrected chi connectivity index (χ4v) is 3.62. The van der Waals surface area contributed by atoms with Crippen LogP contribution in [0.3, 0.4) is 0 Å². The van der Waals surface area contributed by atoms with Gasteiger partial charge in [0.2, 0.25) is 5.88 Å². The lowest BCUT2D eigenvalue weighted by atomic mass is 10.2. The van der Waals surface area contributed by atoms with Crippen LogP contribution in [0.15, 0.2) is 60.4 Å². The molecule has 2 aromatic heterocycles. The molecule has 2 unspecified atom stereocenters. The van der Waals surface area contributed by atoms with E-state index in [2.05, 4.69) is 39.0 Å². The molecule has 3 aromatic rings. The van der Waals surface area contributed by atoms with Gasteiger partial charge in [0.1, 0.15) is 18.4 Å². The number of hydrogen-bond donors (Lipinski definition) is 1. The highest BCUT2D eigenvalue weighted by molar-refractivity contribution is 6.00. The average molecular weight is 378 g/mol. The average Bonchev–Trinajstić information content (AvgIpc) is 3.36. The molecule has 0 amide bonds. The molecule has 1 aromatic carbocycles. The van der Waals surface area contributed by atoms with Crippen molar-refractivity contribution in [3.63, 3.8) is 0 Å². The van der Waals surface area contributed by atoms with Gasteiger partial charge in [0.25, 0.3) is 0 Å². The lowest BCUT2D eigenvalue weighted by molar-refractivity contribution is 0.282. The Hall–Kier alpha value is -3.42. The standard InChI is InChI=1S/C20H22N6O2/c1-14-5-6-15(2)26(14)19(24-27)18-4-3-11-22-20(18)28-17-9-7-16(8-10-17)25-13-21-12-23-25/h3-4,7-15,27H,5-6H2,1-2H3/b24-19-. The molecule has 8 nitrogen and oxygen atoms in total. The predicted molar refractivity (Wildman–Crippen MR) is 104 cm³/mol. The van der Waals surface area contributed by atoms with Gasteiger partial charge in [-0.2, -0.15) is 5.10 Å². The Labute approximate surface area is 163 Å². The minimum Gasteiger partial charge on any atom is -0.438 e. The van der Waals surface area contributed by atoms with Crippen LogP contribution < -0.4 is 4.74 Å². The Kier molecular flexibility index (Phi) is 4.92. The monoisotopic (exact) mass is 378 g/mol. The first-order valence-electron chi connectivity index (χ1n) is 9.26. The highest BCUT2D eigenvalue weighted by Gasteiger charge is 2.32. The molecule has 2 atom stereocenters. The van der Waals surface area contributed by atoms with E-state index in [1.165, 1.54) is 6.33 Å². The number of nitrogens with zero attached hydrogens (tertiary/aromatic N) is 6. The summed E-state index contributed by atoms with van der Waals surface area (Å²) in [7, 11) is 0. The van der Waals surface area contributed by atoms with E-state index in [0.717, 1.165) is 18.5 Å². The number of amidine groups is 1. The molecule has 8 heteroatoms. The zero-order valence-electron chi connectivity index (χ0n) is 15.8. The summed E-state index contributed by atoms with van der Waals surface area (Å²) in [4.78, 5) is 10.4. The summed E-state index contributed by atoms with van der Waals surface area (Å²) in [6, 6.07) is 11.7. The third-order valence-corrected chi connectivity index (χ3v) is 5.04. The van der Waals surface area contributed by atoms with Crippen LogP contribution in [0, 0.1) is 0 Å². The molecular weight excluding hydrogens is 356 g/mol. The number of rotatable bonds is 4. The van der Waals surface area contributed by atoms with E-state index < -0.39 is 0 Å². The molecule has 1 aliphatic rings. The summed E-state index contributed by atoms with van der Waals surface area (Å²) < 4.78 is 7.69. The van der Waals surface area contributed by atoms with Crippen molar-refractivity contribution in [1.29, 1.82) is 0 Å². The largest absolute Gasteiger partial charge is 0.438 e. The van der Waals surface area contributed by atoms with Gasteiger partial charge in [0.05, 0.1) is 11.3 Å². The summed E-state index contributed by atoms with van der Waals surface area (Å²) in [5.41, 5.74) is 1.54. The van der Waals surface area contributed by atoms with Gasteiger partial charge in [-0.3, -0.25) is 0 Å². The van der Waals surface area contributed by atoms with Gasteiger partial charge >= 0.3 is 0 Å². The van der Waals surface area contributed by atoms with Crippen LogP contribution in [0.25, 0.3) is 5.69 Å². The molecule has 1 aliphatic heterocycles. The van der Waals surface area contributed by atoms with Gasteiger partial charge in [0, 0.05) is 18.3 Å². The maximum atomic E-state index is 9.76. The zero-order chi connectivity index (χ0) is 19.5. The number of likely N-dealkylation sites (tertiary alicyclic amines) is 1. The molecule has 28 heavy (non-hydrogen) atoms. The molecule has 144 valence electrons. The fraction of sp³-hybridized carbons (Fsp3) is 0.300. The van der Waals surface area contributed by atoms with Crippen molar-refractivity contribution in [2.45, 2.75) is 38.8 Å².